The van der Waals surface area contributed by atoms with Gasteiger partial charge in [0.05, 0.1) is 5.69 Å². The first-order valence-electron chi connectivity index (χ1n) is 7.07. The van der Waals surface area contributed by atoms with Crippen LogP contribution in [0, 0.1) is 0 Å². The summed E-state index contributed by atoms with van der Waals surface area (Å²) < 4.78 is 0. The molecular formula is C15H27N3. The Morgan fingerprint density at radius 2 is 2.11 bits per heavy atom. The van der Waals surface area contributed by atoms with Gasteiger partial charge in [0.25, 0.3) is 0 Å². The van der Waals surface area contributed by atoms with Gasteiger partial charge in [0.2, 0.25) is 0 Å². The van der Waals surface area contributed by atoms with Gasteiger partial charge < -0.3 is 10.2 Å². The van der Waals surface area contributed by atoms with E-state index in [0.717, 1.165) is 25.2 Å². The summed E-state index contributed by atoms with van der Waals surface area (Å²) in [6.07, 6.45) is 5.52. The SMILES string of the molecule is CCCNCc1cc(N(C)C(C)CCC)ccn1. The lowest BCUT2D eigenvalue weighted by Crippen LogP contribution is -2.28. The molecule has 0 bridgehead atoms. The van der Waals surface area contributed by atoms with E-state index in [9.17, 15) is 0 Å². The van der Waals surface area contributed by atoms with Gasteiger partial charge in [-0.05, 0) is 38.4 Å². The van der Waals surface area contributed by atoms with E-state index in [0.29, 0.717) is 6.04 Å². The molecule has 1 unspecified atom stereocenters. The molecule has 0 aliphatic carbocycles. The van der Waals surface area contributed by atoms with Crippen LogP contribution in [-0.2, 0) is 6.54 Å². The van der Waals surface area contributed by atoms with Gasteiger partial charge in [-0.2, -0.15) is 0 Å². The molecule has 0 spiro atoms. The van der Waals surface area contributed by atoms with Crippen LogP contribution in [-0.4, -0.2) is 24.6 Å². The van der Waals surface area contributed by atoms with Gasteiger partial charge in [-0.15, -0.1) is 0 Å². The Bertz CT molecular complexity index is 338. The molecule has 1 rings (SSSR count). The highest BCUT2D eigenvalue weighted by Gasteiger charge is 2.09. The van der Waals surface area contributed by atoms with Gasteiger partial charge >= 0.3 is 0 Å². The normalized spacial score (nSPS) is 12.4. The summed E-state index contributed by atoms with van der Waals surface area (Å²) in [6, 6.07) is 4.86. The molecule has 1 N–H and O–H groups in total. The van der Waals surface area contributed by atoms with Gasteiger partial charge in [-0.25, -0.2) is 0 Å². The highest BCUT2D eigenvalue weighted by molar-refractivity contribution is 5.46. The average molecular weight is 249 g/mol. The molecule has 1 aromatic rings. The number of nitrogens with one attached hydrogen (secondary N) is 1. The first-order chi connectivity index (χ1) is 8.69. The summed E-state index contributed by atoms with van der Waals surface area (Å²) in [5, 5.41) is 3.39. The van der Waals surface area contributed by atoms with Crippen molar-refractivity contribution in [2.24, 2.45) is 0 Å². The predicted octanol–water partition coefficient (Wildman–Crippen LogP) is 3.21. The van der Waals surface area contributed by atoms with Crippen LogP contribution in [0.5, 0.6) is 0 Å². The average Bonchev–Trinajstić information content (AvgIpc) is 2.39. The van der Waals surface area contributed by atoms with Crippen LogP contribution in [0.3, 0.4) is 0 Å². The fourth-order valence-corrected chi connectivity index (χ4v) is 2.04. The van der Waals surface area contributed by atoms with Crippen molar-refractivity contribution in [1.82, 2.24) is 10.3 Å². The summed E-state index contributed by atoms with van der Waals surface area (Å²) in [4.78, 5) is 6.75. The molecule has 0 radical (unpaired) electrons. The molecule has 102 valence electrons. The zero-order chi connectivity index (χ0) is 13.4. The molecule has 1 atom stereocenters. The summed E-state index contributed by atoms with van der Waals surface area (Å²) in [5.74, 6) is 0. The lowest BCUT2D eigenvalue weighted by atomic mass is 10.1. The van der Waals surface area contributed by atoms with Gasteiger partial charge in [0.15, 0.2) is 0 Å². The number of aromatic nitrogens is 1. The van der Waals surface area contributed by atoms with Crippen molar-refractivity contribution in [3.8, 4) is 0 Å². The highest BCUT2D eigenvalue weighted by atomic mass is 15.1. The standard InChI is InChI=1S/C15H27N3/c1-5-7-13(3)18(4)15-8-10-17-14(11-15)12-16-9-6-2/h8,10-11,13,16H,5-7,9,12H2,1-4H3. The predicted molar refractivity (Wildman–Crippen MR) is 79.0 cm³/mol. The Morgan fingerprint density at radius 1 is 1.33 bits per heavy atom. The van der Waals surface area contributed by atoms with E-state index < -0.39 is 0 Å². The zero-order valence-corrected chi connectivity index (χ0v) is 12.2. The third kappa shape index (κ3) is 4.65. The number of pyridine rings is 1. The zero-order valence-electron chi connectivity index (χ0n) is 12.2. The Kier molecular flexibility index (Phi) is 6.73. The van der Waals surface area contributed by atoms with Crippen LogP contribution in [0.25, 0.3) is 0 Å². The minimum Gasteiger partial charge on any atom is -0.372 e. The van der Waals surface area contributed by atoms with Crippen molar-refractivity contribution in [2.45, 2.75) is 52.6 Å². The summed E-state index contributed by atoms with van der Waals surface area (Å²) >= 11 is 0. The third-order valence-corrected chi connectivity index (χ3v) is 3.31. The van der Waals surface area contributed by atoms with Crippen LogP contribution in [0.4, 0.5) is 5.69 Å². The molecule has 1 heterocycles. The molecular weight excluding hydrogens is 222 g/mol. The molecule has 0 saturated heterocycles. The topological polar surface area (TPSA) is 28.2 Å². The van der Waals surface area contributed by atoms with Gasteiger partial charge in [-0.3, -0.25) is 4.98 Å². The Balaban J connectivity index is 2.62. The number of hydrogen-bond donors (Lipinski definition) is 1. The van der Waals surface area contributed by atoms with Crippen molar-refractivity contribution in [2.75, 3.05) is 18.5 Å². The second kappa shape index (κ2) is 8.09. The minimum atomic E-state index is 0.578. The molecule has 18 heavy (non-hydrogen) atoms. The number of anilines is 1. The first kappa shape index (κ1) is 15.0. The van der Waals surface area contributed by atoms with Crippen molar-refractivity contribution in [3.05, 3.63) is 24.0 Å². The second-order valence-electron chi connectivity index (χ2n) is 4.93. The summed E-state index contributed by atoms with van der Waals surface area (Å²) in [7, 11) is 2.17. The number of rotatable bonds is 8. The Morgan fingerprint density at radius 3 is 2.78 bits per heavy atom. The second-order valence-corrected chi connectivity index (χ2v) is 4.93. The van der Waals surface area contributed by atoms with E-state index in [1.54, 1.807) is 0 Å². The molecule has 1 aromatic heterocycles. The van der Waals surface area contributed by atoms with Crippen LogP contribution < -0.4 is 10.2 Å². The molecule has 0 fully saturated rings. The molecule has 0 aromatic carbocycles. The highest BCUT2D eigenvalue weighted by Crippen LogP contribution is 2.17. The Labute approximate surface area is 112 Å². The van der Waals surface area contributed by atoms with Gasteiger partial charge in [0, 0.05) is 31.5 Å². The van der Waals surface area contributed by atoms with Crippen molar-refractivity contribution < 1.29 is 0 Å². The fourth-order valence-electron chi connectivity index (χ4n) is 2.04. The number of nitrogens with zero attached hydrogens (tertiary/aromatic N) is 2. The third-order valence-electron chi connectivity index (χ3n) is 3.31. The lowest BCUT2D eigenvalue weighted by Gasteiger charge is -2.27. The lowest BCUT2D eigenvalue weighted by molar-refractivity contribution is 0.614. The van der Waals surface area contributed by atoms with Gasteiger partial charge in [0.1, 0.15) is 0 Å². The monoisotopic (exact) mass is 249 g/mol. The molecule has 0 amide bonds. The molecule has 3 nitrogen and oxygen atoms in total. The molecule has 0 aliphatic heterocycles. The van der Waals surface area contributed by atoms with Crippen LogP contribution in [0.15, 0.2) is 18.3 Å². The van der Waals surface area contributed by atoms with E-state index in [4.69, 9.17) is 0 Å². The number of hydrogen-bond acceptors (Lipinski definition) is 3. The minimum absolute atomic E-state index is 0.578. The molecule has 0 aliphatic rings. The van der Waals surface area contributed by atoms with E-state index in [1.807, 2.05) is 6.20 Å². The van der Waals surface area contributed by atoms with E-state index in [2.05, 4.69) is 55.2 Å². The van der Waals surface area contributed by atoms with Crippen molar-refractivity contribution in [1.29, 1.82) is 0 Å². The van der Waals surface area contributed by atoms with E-state index in [1.165, 1.54) is 18.5 Å². The smallest absolute Gasteiger partial charge is 0.0562 e. The largest absolute Gasteiger partial charge is 0.372 e. The van der Waals surface area contributed by atoms with Crippen molar-refractivity contribution >= 4 is 5.69 Å². The molecule has 3 heteroatoms. The van der Waals surface area contributed by atoms with Crippen LogP contribution in [0.2, 0.25) is 0 Å². The van der Waals surface area contributed by atoms with Gasteiger partial charge in [-0.1, -0.05) is 20.3 Å². The molecule has 0 saturated carbocycles. The first-order valence-corrected chi connectivity index (χ1v) is 7.07. The summed E-state index contributed by atoms with van der Waals surface area (Å²) in [6.45, 7) is 8.60. The maximum atomic E-state index is 4.41. The maximum absolute atomic E-state index is 4.41. The van der Waals surface area contributed by atoms with E-state index in [-0.39, 0.29) is 0 Å². The summed E-state index contributed by atoms with van der Waals surface area (Å²) in [5.41, 5.74) is 2.38. The Hall–Kier alpha value is -1.09. The van der Waals surface area contributed by atoms with Crippen LogP contribution in [0.1, 0.15) is 45.7 Å². The fraction of sp³-hybridized carbons (Fsp3) is 0.667. The maximum Gasteiger partial charge on any atom is 0.0562 e. The quantitative estimate of drug-likeness (QED) is 0.717. The van der Waals surface area contributed by atoms with E-state index >= 15 is 0 Å². The van der Waals surface area contributed by atoms with Crippen LogP contribution >= 0.6 is 0 Å². The van der Waals surface area contributed by atoms with Crippen molar-refractivity contribution in [3.63, 3.8) is 0 Å².